The summed E-state index contributed by atoms with van der Waals surface area (Å²) in [5.74, 6) is 0.337. The molecule has 0 spiro atoms. The topological polar surface area (TPSA) is 12.5 Å². The molecule has 2 heteroatoms. The fraction of sp³-hybridized carbons (Fsp3) is 0.400. The van der Waals surface area contributed by atoms with Crippen LogP contribution in [0.5, 0.6) is 0 Å². The van der Waals surface area contributed by atoms with Crippen LogP contribution in [0.4, 0.5) is 0 Å². The first-order valence-electron chi connectivity index (χ1n) is 12.1. The molecule has 32 heavy (non-hydrogen) atoms. The van der Waals surface area contributed by atoms with Crippen LogP contribution in [0.15, 0.2) is 78.9 Å². The molecule has 0 N–H and O–H groups in total. The van der Waals surface area contributed by atoms with Gasteiger partial charge in [-0.15, -0.1) is 0 Å². The zero-order valence-electron chi connectivity index (χ0n) is 19.8. The Balaban J connectivity index is 1.53. The van der Waals surface area contributed by atoms with Crippen molar-refractivity contribution in [3.05, 3.63) is 95.6 Å². The van der Waals surface area contributed by atoms with Crippen LogP contribution in [0.3, 0.4) is 0 Å². The molecular formula is C30H35NO. The van der Waals surface area contributed by atoms with E-state index in [0.717, 1.165) is 19.3 Å². The Morgan fingerprint density at radius 1 is 0.750 bits per heavy atom. The van der Waals surface area contributed by atoms with Gasteiger partial charge < -0.3 is 0 Å². The van der Waals surface area contributed by atoms with Gasteiger partial charge >= 0.3 is 0 Å². The lowest BCUT2D eigenvalue weighted by Gasteiger charge is -2.52. The Bertz CT molecular complexity index is 1020. The summed E-state index contributed by atoms with van der Waals surface area (Å²) in [5.41, 5.74) is 6.88. The van der Waals surface area contributed by atoms with Crippen molar-refractivity contribution in [1.29, 1.82) is 0 Å². The number of hydrogen-bond acceptors (Lipinski definition) is 2. The lowest BCUT2D eigenvalue weighted by Crippen LogP contribution is -2.58. The molecule has 2 aliphatic rings. The summed E-state index contributed by atoms with van der Waals surface area (Å²) in [5, 5.41) is 2.33. The van der Waals surface area contributed by atoms with Gasteiger partial charge in [0.1, 0.15) is 6.10 Å². The molecule has 1 unspecified atom stereocenters. The van der Waals surface area contributed by atoms with E-state index in [2.05, 4.69) is 112 Å². The van der Waals surface area contributed by atoms with Crippen molar-refractivity contribution < 1.29 is 4.84 Å². The molecule has 3 aromatic rings. The van der Waals surface area contributed by atoms with E-state index in [1.807, 2.05) is 0 Å². The molecule has 1 fully saturated rings. The van der Waals surface area contributed by atoms with Crippen molar-refractivity contribution in [2.75, 3.05) is 0 Å². The van der Waals surface area contributed by atoms with Crippen molar-refractivity contribution in [3.8, 4) is 11.1 Å². The number of hydrogen-bond donors (Lipinski definition) is 0. The molecule has 166 valence electrons. The smallest absolute Gasteiger partial charge is 0.105 e. The van der Waals surface area contributed by atoms with E-state index in [9.17, 15) is 0 Å². The van der Waals surface area contributed by atoms with Gasteiger partial charge in [0.15, 0.2) is 0 Å². The Kier molecular flexibility index (Phi) is 5.47. The van der Waals surface area contributed by atoms with E-state index in [-0.39, 0.29) is 17.2 Å². The summed E-state index contributed by atoms with van der Waals surface area (Å²) in [4.78, 5) is 7.03. The van der Waals surface area contributed by atoms with Crippen LogP contribution in [-0.4, -0.2) is 16.1 Å². The maximum Gasteiger partial charge on any atom is 0.105 e. The third-order valence-corrected chi connectivity index (χ3v) is 7.49. The van der Waals surface area contributed by atoms with Crippen LogP contribution in [0.2, 0.25) is 0 Å². The van der Waals surface area contributed by atoms with Crippen LogP contribution in [0.1, 0.15) is 82.1 Å². The lowest BCUT2D eigenvalue weighted by atomic mass is 9.82. The van der Waals surface area contributed by atoms with Gasteiger partial charge in [-0.1, -0.05) is 78.9 Å². The standard InChI is InChI=1S/C30H35NO/c1-29(2)19-12-20-30(3,4)31(29)32-28(22-13-6-5-7-14-22)21-27-25-17-10-8-15-23(25)24-16-9-11-18-26(24)27/h5-11,13-18,27-28H,12,19-21H2,1-4H3. The third-order valence-electron chi connectivity index (χ3n) is 7.49. The summed E-state index contributed by atoms with van der Waals surface area (Å²) in [6.45, 7) is 9.32. The van der Waals surface area contributed by atoms with Crippen molar-refractivity contribution in [1.82, 2.24) is 5.06 Å². The van der Waals surface area contributed by atoms with E-state index in [0.29, 0.717) is 5.92 Å². The van der Waals surface area contributed by atoms with Crippen LogP contribution in [0.25, 0.3) is 11.1 Å². The molecular weight excluding hydrogens is 390 g/mol. The Morgan fingerprint density at radius 2 is 1.25 bits per heavy atom. The van der Waals surface area contributed by atoms with Gasteiger partial charge in [-0.2, -0.15) is 5.06 Å². The van der Waals surface area contributed by atoms with Crippen LogP contribution in [0, 0.1) is 0 Å². The highest BCUT2D eigenvalue weighted by Crippen LogP contribution is 2.49. The summed E-state index contributed by atoms with van der Waals surface area (Å²) in [7, 11) is 0. The lowest BCUT2D eigenvalue weighted by molar-refractivity contribution is -0.308. The van der Waals surface area contributed by atoms with Crippen LogP contribution < -0.4 is 0 Å². The zero-order valence-corrected chi connectivity index (χ0v) is 19.8. The number of fused-ring (bicyclic) bond motifs is 3. The van der Waals surface area contributed by atoms with Crippen molar-refractivity contribution in [2.45, 2.75) is 76.5 Å². The van der Waals surface area contributed by atoms with Gasteiger partial charge in [-0.3, -0.25) is 4.84 Å². The summed E-state index contributed by atoms with van der Waals surface area (Å²) >= 11 is 0. The van der Waals surface area contributed by atoms with Gasteiger partial charge in [-0.05, 0) is 81.2 Å². The molecule has 0 saturated carbocycles. The maximum absolute atomic E-state index is 7.03. The minimum Gasteiger partial charge on any atom is -0.290 e. The molecule has 0 bridgehead atoms. The van der Waals surface area contributed by atoms with E-state index < -0.39 is 0 Å². The normalized spacial score (nSPS) is 20.5. The zero-order chi connectivity index (χ0) is 22.3. The second-order valence-corrected chi connectivity index (χ2v) is 10.7. The minimum atomic E-state index is -0.00272. The van der Waals surface area contributed by atoms with Crippen molar-refractivity contribution >= 4 is 0 Å². The van der Waals surface area contributed by atoms with Gasteiger partial charge in [0.25, 0.3) is 0 Å². The SMILES string of the molecule is CC1(C)CCCC(C)(C)N1OC(CC1c2ccccc2-c2ccccc21)c1ccccc1. The molecule has 3 aromatic carbocycles. The second kappa shape index (κ2) is 8.17. The van der Waals surface area contributed by atoms with Crippen LogP contribution >= 0.6 is 0 Å². The minimum absolute atomic E-state index is 0.00272. The number of hydroxylamine groups is 2. The highest BCUT2D eigenvalue weighted by molar-refractivity contribution is 5.78. The number of rotatable bonds is 5. The predicted octanol–water partition coefficient (Wildman–Crippen LogP) is 7.91. The van der Waals surface area contributed by atoms with Gasteiger partial charge in [0.05, 0.1) is 0 Å². The second-order valence-electron chi connectivity index (χ2n) is 10.7. The van der Waals surface area contributed by atoms with Gasteiger partial charge in [0.2, 0.25) is 0 Å². The fourth-order valence-electron chi connectivity index (χ4n) is 6.02. The van der Waals surface area contributed by atoms with Crippen LogP contribution in [-0.2, 0) is 4.84 Å². The maximum atomic E-state index is 7.03. The largest absolute Gasteiger partial charge is 0.290 e. The summed E-state index contributed by atoms with van der Waals surface area (Å²) in [6.07, 6.45) is 4.50. The van der Waals surface area contributed by atoms with E-state index in [1.54, 1.807) is 0 Å². The van der Waals surface area contributed by atoms with Gasteiger partial charge in [0, 0.05) is 17.0 Å². The molecule has 1 aliphatic heterocycles. The first-order valence-corrected chi connectivity index (χ1v) is 12.1. The van der Waals surface area contributed by atoms with E-state index >= 15 is 0 Å². The summed E-state index contributed by atoms with van der Waals surface area (Å²) < 4.78 is 0. The summed E-state index contributed by atoms with van der Waals surface area (Å²) in [6, 6.07) is 28.6. The van der Waals surface area contributed by atoms with E-state index in [4.69, 9.17) is 4.84 Å². The highest BCUT2D eigenvalue weighted by Gasteiger charge is 2.44. The fourth-order valence-corrected chi connectivity index (χ4v) is 6.02. The van der Waals surface area contributed by atoms with E-state index in [1.165, 1.54) is 34.2 Å². The quantitative estimate of drug-likeness (QED) is 0.412. The molecule has 2 nitrogen and oxygen atoms in total. The molecule has 1 heterocycles. The van der Waals surface area contributed by atoms with Crippen molar-refractivity contribution in [2.24, 2.45) is 0 Å². The Morgan fingerprint density at radius 3 is 1.81 bits per heavy atom. The van der Waals surface area contributed by atoms with Gasteiger partial charge in [-0.25, -0.2) is 0 Å². The monoisotopic (exact) mass is 425 g/mol. The Labute approximate surface area is 193 Å². The third kappa shape index (κ3) is 3.80. The first kappa shape index (κ1) is 21.4. The molecule has 1 aliphatic carbocycles. The average Bonchev–Trinajstić information content (AvgIpc) is 3.09. The predicted molar refractivity (Wildman–Crippen MR) is 132 cm³/mol. The Hall–Kier alpha value is -2.42. The number of piperidine rings is 1. The van der Waals surface area contributed by atoms with Crippen molar-refractivity contribution in [3.63, 3.8) is 0 Å². The number of benzene rings is 3. The number of nitrogens with zero attached hydrogens (tertiary/aromatic N) is 1. The first-order chi connectivity index (χ1) is 15.4. The molecule has 1 atom stereocenters. The highest BCUT2D eigenvalue weighted by atomic mass is 16.7. The molecule has 1 saturated heterocycles. The molecule has 0 amide bonds. The molecule has 0 radical (unpaired) electrons. The molecule has 5 rings (SSSR count). The molecule has 0 aromatic heterocycles. The average molecular weight is 426 g/mol.